The van der Waals surface area contributed by atoms with E-state index in [-0.39, 0.29) is 24.4 Å². The standard InChI is InChI=1S/C16H22N4O2/c1-2-3-11-8-20(9-12(11)17)16(22)10-4-5-13-14(6-10)19-15(21)7-18-13/h4-6,11-12,18H,2-3,7-9,17H2,1H3,(H,19,21)/t11-,12-/m0/s1. The normalized spacial score (nSPS) is 23.7. The van der Waals surface area contributed by atoms with Gasteiger partial charge in [-0.3, -0.25) is 9.59 Å². The molecule has 6 heteroatoms. The number of benzene rings is 1. The smallest absolute Gasteiger partial charge is 0.253 e. The van der Waals surface area contributed by atoms with Crippen LogP contribution in [0.25, 0.3) is 0 Å². The number of rotatable bonds is 3. The van der Waals surface area contributed by atoms with Gasteiger partial charge in [0, 0.05) is 24.7 Å². The van der Waals surface area contributed by atoms with Crippen LogP contribution in [0.1, 0.15) is 30.1 Å². The number of hydrogen-bond donors (Lipinski definition) is 3. The van der Waals surface area contributed by atoms with Crippen molar-refractivity contribution in [3.05, 3.63) is 23.8 Å². The molecule has 6 nitrogen and oxygen atoms in total. The van der Waals surface area contributed by atoms with E-state index in [0.717, 1.165) is 25.1 Å². The predicted octanol–water partition coefficient (Wildman–Crippen LogP) is 1.25. The number of carbonyl (C=O) groups is 2. The summed E-state index contributed by atoms with van der Waals surface area (Å²) in [7, 11) is 0. The van der Waals surface area contributed by atoms with Gasteiger partial charge in [0.15, 0.2) is 0 Å². The first-order chi connectivity index (χ1) is 10.6. The quantitative estimate of drug-likeness (QED) is 0.784. The van der Waals surface area contributed by atoms with Crippen LogP contribution in [0.5, 0.6) is 0 Å². The molecule has 1 saturated heterocycles. The third-order valence-electron chi connectivity index (χ3n) is 4.42. The van der Waals surface area contributed by atoms with Gasteiger partial charge in [-0.2, -0.15) is 0 Å². The maximum absolute atomic E-state index is 12.6. The topological polar surface area (TPSA) is 87.5 Å². The van der Waals surface area contributed by atoms with E-state index < -0.39 is 0 Å². The summed E-state index contributed by atoms with van der Waals surface area (Å²) < 4.78 is 0. The Balaban J connectivity index is 1.76. The number of nitrogens with one attached hydrogen (secondary N) is 2. The summed E-state index contributed by atoms with van der Waals surface area (Å²) in [5.41, 5.74) is 8.24. The molecule has 0 bridgehead atoms. The number of hydrogen-bond acceptors (Lipinski definition) is 4. The first-order valence-electron chi connectivity index (χ1n) is 7.81. The second-order valence-electron chi connectivity index (χ2n) is 6.08. The Labute approximate surface area is 130 Å². The summed E-state index contributed by atoms with van der Waals surface area (Å²) in [5.74, 6) is 0.271. The molecule has 0 spiro atoms. The Kier molecular flexibility index (Phi) is 4.02. The molecule has 22 heavy (non-hydrogen) atoms. The molecule has 2 aliphatic rings. The fraction of sp³-hybridized carbons (Fsp3) is 0.500. The average Bonchev–Trinajstić information content (AvgIpc) is 2.87. The number of anilines is 2. The van der Waals surface area contributed by atoms with Crippen LogP contribution in [-0.4, -0.2) is 42.4 Å². The lowest BCUT2D eigenvalue weighted by molar-refractivity contribution is -0.114. The van der Waals surface area contributed by atoms with Crippen molar-refractivity contribution >= 4 is 23.2 Å². The maximum Gasteiger partial charge on any atom is 0.253 e. The van der Waals surface area contributed by atoms with Crippen molar-refractivity contribution in [3.8, 4) is 0 Å². The number of amides is 2. The van der Waals surface area contributed by atoms with Crippen LogP contribution < -0.4 is 16.4 Å². The van der Waals surface area contributed by atoms with Gasteiger partial charge in [0.2, 0.25) is 5.91 Å². The van der Waals surface area contributed by atoms with Gasteiger partial charge in [-0.15, -0.1) is 0 Å². The maximum atomic E-state index is 12.6. The van der Waals surface area contributed by atoms with Crippen molar-refractivity contribution < 1.29 is 9.59 Å². The monoisotopic (exact) mass is 302 g/mol. The Morgan fingerprint density at radius 3 is 2.95 bits per heavy atom. The number of nitrogens with zero attached hydrogens (tertiary/aromatic N) is 1. The zero-order chi connectivity index (χ0) is 15.7. The van der Waals surface area contributed by atoms with Crippen molar-refractivity contribution in [2.75, 3.05) is 30.3 Å². The lowest BCUT2D eigenvalue weighted by atomic mass is 9.99. The highest BCUT2D eigenvalue weighted by Crippen LogP contribution is 2.28. The molecule has 2 aliphatic heterocycles. The first-order valence-corrected chi connectivity index (χ1v) is 7.81. The van der Waals surface area contributed by atoms with Crippen molar-refractivity contribution in [1.29, 1.82) is 0 Å². The van der Waals surface area contributed by atoms with E-state index in [0.29, 0.717) is 23.7 Å². The molecule has 0 aromatic heterocycles. The minimum Gasteiger partial charge on any atom is -0.374 e. The largest absolute Gasteiger partial charge is 0.374 e. The van der Waals surface area contributed by atoms with Crippen LogP contribution in [0, 0.1) is 5.92 Å². The molecule has 2 atom stereocenters. The minimum atomic E-state index is -0.0942. The average molecular weight is 302 g/mol. The van der Waals surface area contributed by atoms with Gasteiger partial charge in [-0.25, -0.2) is 0 Å². The zero-order valence-electron chi connectivity index (χ0n) is 12.8. The Morgan fingerprint density at radius 2 is 2.18 bits per heavy atom. The molecule has 2 amide bonds. The van der Waals surface area contributed by atoms with Crippen molar-refractivity contribution in [1.82, 2.24) is 4.90 Å². The van der Waals surface area contributed by atoms with Gasteiger partial charge < -0.3 is 21.3 Å². The van der Waals surface area contributed by atoms with Gasteiger partial charge in [0.1, 0.15) is 0 Å². The van der Waals surface area contributed by atoms with Gasteiger partial charge >= 0.3 is 0 Å². The lowest BCUT2D eigenvalue weighted by Gasteiger charge is -2.21. The van der Waals surface area contributed by atoms with E-state index in [1.54, 1.807) is 12.1 Å². The third kappa shape index (κ3) is 2.78. The van der Waals surface area contributed by atoms with Crippen LogP contribution in [-0.2, 0) is 4.79 Å². The van der Waals surface area contributed by atoms with E-state index in [1.807, 2.05) is 11.0 Å². The SMILES string of the molecule is CCC[C@H]1CN(C(=O)c2ccc3c(c2)NC(=O)CN3)C[C@@H]1N. The number of carbonyl (C=O) groups excluding carboxylic acids is 2. The molecular formula is C16H22N4O2. The van der Waals surface area contributed by atoms with Crippen LogP contribution >= 0.6 is 0 Å². The summed E-state index contributed by atoms with van der Waals surface area (Å²) in [6.07, 6.45) is 2.13. The number of likely N-dealkylation sites (tertiary alicyclic amines) is 1. The number of nitrogens with two attached hydrogens (primary N) is 1. The highest BCUT2D eigenvalue weighted by atomic mass is 16.2. The highest BCUT2D eigenvalue weighted by molar-refractivity contribution is 6.03. The third-order valence-corrected chi connectivity index (χ3v) is 4.42. The van der Waals surface area contributed by atoms with Crippen molar-refractivity contribution in [3.63, 3.8) is 0 Å². The Morgan fingerprint density at radius 1 is 1.36 bits per heavy atom. The Hall–Kier alpha value is -2.08. The molecular weight excluding hydrogens is 280 g/mol. The van der Waals surface area contributed by atoms with Crippen LogP contribution in [0.15, 0.2) is 18.2 Å². The van der Waals surface area contributed by atoms with E-state index in [1.165, 1.54) is 0 Å². The summed E-state index contributed by atoms with van der Waals surface area (Å²) in [5, 5.41) is 5.81. The highest BCUT2D eigenvalue weighted by Gasteiger charge is 2.32. The van der Waals surface area contributed by atoms with Crippen LogP contribution in [0.4, 0.5) is 11.4 Å². The fourth-order valence-electron chi connectivity index (χ4n) is 3.23. The van der Waals surface area contributed by atoms with Crippen molar-refractivity contribution in [2.45, 2.75) is 25.8 Å². The van der Waals surface area contributed by atoms with Crippen LogP contribution in [0.3, 0.4) is 0 Å². The minimum absolute atomic E-state index is 0.0170. The lowest BCUT2D eigenvalue weighted by Crippen LogP contribution is -2.32. The van der Waals surface area contributed by atoms with Gasteiger partial charge in [0.05, 0.1) is 17.9 Å². The molecule has 4 N–H and O–H groups in total. The summed E-state index contributed by atoms with van der Waals surface area (Å²) in [6, 6.07) is 5.43. The van der Waals surface area contributed by atoms with E-state index in [9.17, 15) is 9.59 Å². The molecule has 118 valence electrons. The Bertz CT molecular complexity index is 602. The molecule has 1 aromatic carbocycles. The predicted molar refractivity (Wildman–Crippen MR) is 85.8 cm³/mol. The summed E-state index contributed by atoms with van der Waals surface area (Å²) >= 11 is 0. The second kappa shape index (κ2) is 5.96. The molecule has 0 aliphatic carbocycles. The molecule has 3 rings (SSSR count). The fourth-order valence-corrected chi connectivity index (χ4v) is 3.23. The van der Waals surface area contributed by atoms with Gasteiger partial charge in [-0.1, -0.05) is 13.3 Å². The molecule has 0 unspecified atom stereocenters. The zero-order valence-corrected chi connectivity index (χ0v) is 12.8. The summed E-state index contributed by atoms with van der Waals surface area (Å²) in [4.78, 5) is 25.9. The first kappa shape index (κ1) is 14.8. The second-order valence-corrected chi connectivity index (χ2v) is 6.08. The van der Waals surface area contributed by atoms with E-state index in [4.69, 9.17) is 5.73 Å². The number of fused-ring (bicyclic) bond motifs is 1. The van der Waals surface area contributed by atoms with Crippen LogP contribution in [0.2, 0.25) is 0 Å². The van der Waals surface area contributed by atoms with E-state index >= 15 is 0 Å². The molecule has 0 saturated carbocycles. The molecule has 2 heterocycles. The summed E-state index contributed by atoms with van der Waals surface area (Å²) in [6.45, 7) is 3.72. The van der Waals surface area contributed by atoms with Crippen molar-refractivity contribution in [2.24, 2.45) is 11.7 Å². The molecule has 0 radical (unpaired) electrons. The molecule has 1 fully saturated rings. The van der Waals surface area contributed by atoms with Gasteiger partial charge in [0.25, 0.3) is 5.91 Å². The van der Waals surface area contributed by atoms with Gasteiger partial charge in [-0.05, 0) is 30.5 Å². The molecule has 1 aromatic rings. The van der Waals surface area contributed by atoms with E-state index in [2.05, 4.69) is 17.6 Å².